The highest BCUT2D eigenvalue weighted by Gasteiger charge is 2.22. The van der Waals surface area contributed by atoms with E-state index in [1.165, 1.54) is 13.2 Å². The molecule has 2 rings (SSSR count). The van der Waals surface area contributed by atoms with E-state index in [0.717, 1.165) is 0 Å². The van der Waals surface area contributed by atoms with E-state index in [0.29, 0.717) is 15.4 Å². The van der Waals surface area contributed by atoms with E-state index in [9.17, 15) is 9.18 Å². The van der Waals surface area contributed by atoms with Gasteiger partial charge in [-0.15, -0.1) is 0 Å². The van der Waals surface area contributed by atoms with Crippen LogP contribution in [0.5, 0.6) is 0 Å². The minimum atomic E-state index is -0.698. The summed E-state index contributed by atoms with van der Waals surface area (Å²) in [7, 11) is 1.22. The number of hydrogen-bond donors (Lipinski definition) is 0. The standard InChI is InChI=1S/C9H6BrFIN2O2P/c1-16-9(15)7-6(11)2-5(10)4-3-13-14(17-12)8(4)7/h2-3,17H,1H3. The number of halogens is 3. The largest absolute Gasteiger partial charge is 0.465 e. The molecular formula is C9H6BrFIN2O2P. The van der Waals surface area contributed by atoms with Crippen molar-refractivity contribution < 1.29 is 13.9 Å². The van der Waals surface area contributed by atoms with Gasteiger partial charge in [0.1, 0.15) is 11.4 Å². The summed E-state index contributed by atoms with van der Waals surface area (Å²) in [4.78, 5) is 11.6. The lowest BCUT2D eigenvalue weighted by Crippen LogP contribution is -2.07. The second-order valence-electron chi connectivity index (χ2n) is 3.11. The van der Waals surface area contributed by atoms with Crippen molar-refractivity contribution in [1.82, 2.24) is 9.55 Å². The van der Waals surface area contributed by atoms with Crippen LogP contribution in [0.2, 0.25) is 0 Å². The molecule has 0 saturated heterocycles. The number of fused-ring (bicyclic) bond motifs is 1. The molecule has 1 heterocycles. The van der Waals surface area contributed by atoms with Crippen LogP contribution in [0.3, 0.4) is 0 Å². The van der Waals surface area contributed by atoms with Gasteiger partial charge in [0.25, 0.3) is 0 Å². The molecule has 0 aliphatic carbocycles. The maximum absolute atomic E-state index is 13.8. The van der Waals surface area contributed by atoms with E-state index in [1.54, 1.807) is 10.6 Å². The monoisotopic (exact) mass is 430 g/mol. The zero-order valence-electron chi connectivity index (χ0n) is 8.50. The Morgan fingerprint density at radius 3 is 3.00 bits per heavy atom. The fourth-order valence-corrected chi connectivity index (χ4v) is 3.51. The Balaban J connectivity index is 2.88. The molecule has 1 atom stereocenters. The van der Waals surface area contributed by atoms with Gasteiger partial charge < -0.3 is 4.74 Å². The summed E-state index contributed by atoms with van der Waals surface area (Å²) in [6, 6.07) is 1.25. The van der Waals surface area contributed by atoms with E-state index in [2.05, 4.69) is 47.8 Å². The normalized spacial score (nSPS) is 11.5. The lowest BCUT2D eigenvalue weighted by molar-refractivity contribution is 0.0597. The zero-order valence-corrected chi connectivity index (χ0v) is 13.2. The number of methoxy groups -OCH3 is 1. The van der Waals surface area contributed by atoms with Crippen molar-refractivity contribution in [3.63, 3.8) is 0 Å². The third-order valence-electron chi connectivity index (χ3n) is 2.23. The predicted octanol–water partition coefficient (Wildman–Crippen LogP) is 3.52. The van der Waals surface area contributed by atoms with E-state index in [4.69, 9.17) is 0 Å². The number of ether oxygens (including phenoxy) is 1. The van der Waals surface area contributed by atoms with Crippen LogP contribution in [-0.2, 0) is 4.74 Å². The summed E-state index contributed by atoms with van der Waals surface area (Å²) in [6.45, 7) is 0. The summed E-state index contributed by atoms with van der Waals surface area (Å²) < 4.78 is 20.6. The van der Waals surface area contributed by atoms with Crippen LogP contribution in [0.15, 0.2) is 16.7 Å². The van der Waals surface area contributed by atoms with Crippen LogP contribution >= 0.6 is 44.3 Å². The molecule has 4 nitrogen and oxygen atoms in total. The summed E-state index contributed by atoms with van der Waals surface area (Å²) >= 11 is 5.36. The Labute approximate surface area is 119 Å². The van der Waals surface area contributed by atoms with Crippen molar-refractivity contribution in [1.29, 1.82) is 0 Å². The van der Waals surface area contributed by atoms with Crippen LogP contribution in [0.1, 0.15) is 10.4 Å². The molecular weight excluding hydrogens is 425 g/mol. The zero-order chi connectivity index (χ0) is 12.6. The highest BCUT2D eigenvalue weighted by atomic mass is 127. The molecule has 0 bridgehead atoms. The summed E-state index contributed by atoms with van der Waals surface area (Å²) in [5.41, 5.74) is 0.379. The van der Waals surface area contributed by atoms with Crippen LogP contribution in [0, 0.1) is 5.82 Å². The highest BCUT2D eigenvalue weighted by Crippen LogP contribution is 2.35. The summed E-state index contributed by atoms with van der Waals surface area (Å²) in [5, 5.41) is 4.80. The summed E-state index contributed by atoms with van der Waals surface area (Å²) in [6.07, 6.45) is 1.87. The summed E-state index contributed by atoms with van der Waals surface area (Å²) in [5.74, 6) is -1.32. The van der Waals surface area contributed by atoms with Gasteiger partial charge in [0.15, 0.2) is 0 Å². The van der Waals surface area contributed by atoms with E-state index in [-0.39, 0.29) is 11.9 Å². The first kappa shape index (κ1) is 13.2. The van der Waals surface area contributed by atoms with Gasteiger partial charge in [0.2, 0.25) is 0 Å². The molecule has 0 spiro atoms. The number of carbonyl (C=O) groups excluding carboxylic acids is 1. The first-order valence-corrected chi connectivity index (χ1v) is 9.26. The van der Waals surface area contributed by atoms with Gasteiger partial charge in [-0.1, -0.05) is 0 Å². The van der Waals surface area contributed by atoms with Crippen molar-refractivity contribution >= 4 is 61.2 Å². The van der Waals surface area contributed by atoms with E-state index >= 15 is 0 Å². The molecule has 1 unspecified atom stereocenters. The molecule has 0 fully saturated rings. The molecule has 0 saturated carbocycles. The fourth-order valence-electron chi connectivity index (χ4n) is 1.50. The third-order valence-corrected chi connectivity index (χ3v) is 4.75. The Kier molecular flexibility index (Phi) is 3.99. The van der Waals surface area contributed by atoms with Crippen LogP contribution in [0.4, 0.5) is 4.39 Å². The smallest absolute Gasteiger partial charge is 0.343 e. The Bertz CT molecular complexity index is 604. The molecule has 90 valence electrons. The first-order valence-electron chi connectivity index (χ1n) is 4.40. The van der Waals surface area contributed by atoms with Gasteiger partial charge in [-0.2, -0.15) is 5.10 Å². The Morgan fingerprint density at radius 2 is 2.41 bits per heavy atom. The molecule has 0 aliphatic heterocycles. The topological polar surface area (TPSA) is 44.1 Å². The maximum Gasteiger partial charge on any atom is 0.343 e. The second-order valence-corrected chi connectivity index (χ2v) is 6.00. The van der Waals surface area contributed by atoms with Crippen molar-refractivity contribution in [3.8, 4) is 0 Å². The van der Waals surface area contributed by atoms with Crippen LogP contribution in [-0.4, -0.2) is 22.6 Å². The molecule has 0 radical (unpaired) electrons. The number of rotatable bonds is 2. The molecule has 8 heteroatoms. The molecule has 0 amide bonds. The van der Waals surface area contributed by atoms with Gasteiger partial charge in [-0.3, -0.25) is 0 Å². The number of nitrogens with zero attached hydrogens (tertiary/aromatic N) is 2. The van der Waals surface area contributed by atoms with Crippen LogP contribution in [0.25, 0.3) is 10.9 Å². The van der Waals surface area contributed by atoms with Crippen molar-refractivity contribution in [2.45, 2.75) is 0 Å². The molecule has 1 aromatic carbocycles. The lowest BCUT2D eigenvalue weighted by atomic mass is 10.1. The maximum atomic E-state index is 13.8. The van der Waals surface area contributed by atoms with Gasteiger partial charge in [-0.25, -0.2) is 13.6 Å². The Morgan fingerprint density at radius 1 is 1.71 bits per heavy atom. The SMILES string of the molecule is COC(=O)c1c(F)cc(Br)c2cnn(PI)c12. The average Bonchev–Trinajstić information content (AvgIpc) is 2.72. The van der Waals surface area contributed by atoms with E-state index < -0.39 is 11.8 Å². The molecule has 17 heavy (non-hydrogen) atoms. The minimum Gasteiger partial charge on any atom is -0.465 e. The number of carbonyl (C=O) groups is 1. The quantitative estimate of drug-likeness (QED) is 0.416. The van der Waals surface area contributed by atoms with Crippen molar-refractivity contribution in [3.05, 3.63) is 28.1 Å². The van der Waals surface area contributed by atoms with Gasteiger partial charge in [-0.05, 0) is 44.0 Å². The van der Waals surface area contributed by atoms with Gasteiger partial charge in [0, 0.05) is 9.86 Å². The number of benzene rings is 1. The average molecular weight is 431 g/mol. The van der Waals surface area contributed by atoms with Gasteiger partial charge in [0.05, 0.1) is 25.2 Å². The highest BCUT2D eigenvalue weighted by molar-refractivity contribution is 14.2. The number of hydrogen-bond acceptors (Lipinski definition) is 3. The van der Waals surface area contributed by atoms with Crippen LogP contribution < -0.4 is 0 Å². The second kappa shape index (κ2) is 5.16. The minimum absolute atomic E-state index is 0.0765. The molecule has 1 aromatic heterocycles. The molecule has 2 aromatic rings. The molecule has 0 N–H and O–H groups in total. The van der Waals surface area contributed by atoms with E-state index in [1.807, 2.05) is 0 Å². The Hall–Kier alpha value is -0.270. The first-order chi connectivity index (χ1) is 8.10. The van der Waals surface area contributed by atoms with Crippen molar-refractivity contribution in [2.24, 2.45) is 0 Å². The number of aromatic nitrogens is 2. The third kappa shape index (κ3) is 2.20. The molecule has 0 aliphatic rings. The predicted molar refractivity (Wildman–Crippen MR) is 76.5 cm³/mol. The van der Waals surface area contributed by atoms with Gasteiger partial charge >= 0.3 is 5.97 Å². The fraction of sp³-hybridized carbons (Fsp3) is 0.111. The number of esters is 1. The van der Waals surface area contributed by atoms with Crippen molar-refractivity contribution in [2.75, 3.05) is 7.11 Å². The lowest BCUT2D eigenvalue weighted by Gasteiger charge is -2.06.